The molecule has 2 aromatic rings. The summed E-state index contributed by atoms with van der Waals surface area (Å²) in [5, 5.41) is 14.4. The van der Waals surface area contributed by atoms with Gasteiger partial charge < -0.3 is 10.2 Å². The van der Waals surface area contributed by atoms with Crippen molar-refractivity contribution in [3.63, 3.8) is 0 Å². The van der Waals surface area contributed by atoms with Crippen molar-refractivity contribution in [3.05, 3.63) is 58.1 Å². The molecule has 0 saturated heterocycles. The van der Waals surface area contributed by atoms with Crippen LogP contribution >= 0.6 is 0 Å². The Hall–Kier alpha value is -2.61. The number of sulfone groups is 1. The summed E-state index contributed by atoms with van der Waals surface area (Å²) < 4.78 is 23.2. The van der Waals surface area contributed by atoms with E-state index in [1.165, 1.54) is 23.4 Å². The summed E-state index contributed by atoms with van der Waals surface area (Å²) >= 11 is 0. The molecule has 0 radical (unpaired) electrons. The van der Waals surface area contributed by atoms with E-state index in [4.69, 9.17) is 0 Å². The van der Waals surface area contributed by atoms with Gasteiger partial charge in [0.25, 0.3) is 5.69 Å². The Morgan fingerprint density at radius 2 is 2.00 bits per heavy atom. The minimum atomic E-state index is -3.49. The molecule has 0 bridgehead atoms. The Morgan fingerprint density at radius 1 is 1.27 bits per heavy atom. The molecule has 1 unspecified atom stereocenters. The standard InChI is InChI=1S/C18H21N3O4S/c1-13-11-14-5-3-4-6-17(14)20(13)10-9-19-16-8-7-15(26(2,24)25)12-18(16)21(22)23/h3-8,12-13,19H,9-11H2,1-2H3. The number of benzene rings is 2. The molecule has 1 aliphatic heterocycles. The van der Waals surface area contributed by atoms with E-state index in [-0.39, 0.29) is 10.6 Å². The number of rotatable bonds is 6. The van der Waals surface area contributed by atoms with Crippen molar-refractivity contribution in [1.29, 1.82) is 0 Å². The summed E-state index contributed by atoms with van der Waals surface area (Å²) in [6, 6.07) is 12.6. The van der Waals surface area contributed by atoms with Crippen molar-refractivity contribution in [3.8, 4) is 0 Å². The molecule has 2 aromatic carbocycles. The van der Waals surface area contributed by atoms with Crippen molar-refractivity contribution in [2.24, 2.45) is 0 Å². The predicted octanol–water partition coefficient (Wildman–Crippen LogP) is 2.86. The maximum Gasteiger partial charge on any atom is 0.293 e. The average Bonchev–Trinajstić information content (AvgIpc) is 2.89. The first-order valence-corrected chi connectivity index (χ1v) is 10.2. The van der Waals surface area contributed by atoms with E-state index >= 15 is 0 Å². The summed E-state index contributed by atoms with van der Waals surface area (Å²) in [4.78, 5) is 12.9. The van der Waals surface area contributed by atoms with E-state index in [0.29, 0.717) is 24.8 Å². The zero-order chi connectivity index (χ0) is 18.9. The van der Waals surface area contributed by atoms with Crippen LogP contribution in [0.25, 0.3) is 0 Å². The predicted molar refractivity (Wildman–Crippen MR) is 102 cm³/mol. The molecule has 0 aromatic heterocycles. The van der Waals surface area contributed by atoms with Crippen molar-refractivity contribution in [2.75, 3.05) is 29.6 Å². The summed E-state index contributed by atoms with van der Waals surface area (Å²) in [5.74, 6) is 0. The zero-order valence-electron chi connectivity index (χ0n) is 14.7. The van der Waals surface area contributed by atoms with Crippen LogP contribution in [0.15, 0.2) is 47.4 Å². The molecule has 138 valence electrons. The number of nitro benzene ring substituents is 1. The van der Waals surface area contributed by atoms with Crippen LogP contribution in [0.4, 0.5) is 17.1 Å². The second-order valence-corrected chi connectivity index (χ2v) is 8.53. The number of para-hydroxylation sites is 1. The lowest BCUT2D eigenvalue weighted by Gasteiger charge is -2.25. The van der Waals surface area contributed by atoms with Gasteiger partial charge in [0.05, 0.1) is 9.82 Å². The van der Waals surface area contributed by atoms with Gasteiger partial charge in [-0.2, -0.15) is 0 Å². The van der Waals surface area contributed by atoms with Gasteiger partial charge in [0.15, 0.2) is 9.84 Å². The summed E-state index contributed by atoms with van der Waals surface area (Å²) in [7, 11) is -3.49. The minimum absolute atomic E-state index is 0.0585. The molecule has 8 heteroatoms. The number of anilines is 2. The molecule has 26 heavy (non-hydrogen) atoms. The number of nitrogens with zero attached hydrogens (tertiary/aromatic N) is 2. The van der Waals surface area contributed by atoms with E-state index in [1.54, 1.807) is 0 Å². The number of nitro groups is 1. The first-order valence-electron chi connectivity index (χ1n) is 8.34. The van der Waals surface area contributed by atoms with Crippen LogP contribution in [0, 0.1) is 10.1 Å². The van der Waals surface area contributed by atoms with Gasteiger partial charge in [-0.25, -0.2) is 8.42 Å². The zero-order valence-corrected chi connectivity index (χ0v) is 15.5. The molecule has 1 aliphatic rings. The second-order valence-electron chi connectivity index (χ2n) is 6.51. The Kier molecular flexibility index (Phi) is 4.86. The van der Waals surface area contributed by atoms with Gasteiger partial charge in [-0.05, 0) is 37.1 Å². The van der Waals surface area contributed by atoms with Crippen LogP contribution in [0.5, 0.6) is 0 Å². The average molecular weight is 375 g/mol. The topological polar surface area (TPSA) is 92.6 Å². The van der Waals surface area contributed by atoms with Crippen molar-refractivity contribution in [1.82, 2.24) is 0 Å². The largest absolute Gasteiger partial charge is 0.378 e. The van der Waals surface area contributed by atoms with Gasteiger partial charge in [0.1, 0.15) is 5.69 Å². The molecule has 7 nitrogen and oxygen atoms in total. The van der Waals surface area contributed by atoms with Gasteiger partial charge in [-0.1, -0.05) is 18.2 Å². The Labute approximate surface area is 152 Å². The highest BCUT2D eigenvalue weighted by Crippen LogP contribution is 2.32. The molecule has 0 aliphatic carbocycles. The fourth-order valence-corrected chi connectivity index (χ4v) is 3.96. The lowest BCUT2D eigenvalue weighted by atomic mass is 10.1. The summed E-state index contributed by atoms with van der Waals surface area (Å²) in [5.41, 5.74) is 2.59. The van der Waals surface area contributed by atoms with E-state index < -0.39 is 14.8 Å². The Balaban J connectivity index is 1.73. The molecule has 0 spiro atoms. The quantitative estimate of drug-likeness (QED) is 0.616. The molecule has 0 amide bonds. The fraction of sp³-hybridized carbons (Fsp3) is 0.333. The highest BCUT2D eigenvalue weighted by atomic mass is 32.2. The molecule has 0 saturated carbocycles. The van der Waals surface area contributed by atoms with Crippen molar-refractivity contribution < 1.29 is 13.3 Å². The molecule has 1 atom stereocenters. The minimum Gasteiger partial charge on any atom is -0.378 e. The lowest BCUT2D eigenvalue weighted by Crippen LogP contribution is -2.33. The van der Waals surface area contributed by atoms with E-state index in [9.17, 15) is 18.5 Å². The number of nitrogens with one attached hydrogen (secondary N) is 1. The highest BCUT2D eigenvalue weighted by Gasteiger charge is 2.25. The van der Waals surface area contributed by atoms with E-state index in [2.05, 4.69) is 29.3 Å². The monoisotopic (exact) mass is 375 g/mol. The van der Waals surface area contributed by atoms with E-state index in [1.807, 2.05) is 12.1 Å². The van der Waals surface area contributed by atoms with Crippen LogP contribution in [-0.4, -0.2) is 38.7 Å². The molecule has 3 rings (SSSR count). The number of hydrogen-bond acceptors (Lipinski definition) is 6. The van der Waals surface area contributed by atoms with Gasteiger partial charge in [-0.3, -0.25) is 10.1 Å². The van der Waals surface area contributed by atoms with Crippen molar-refractivity contribution >= 4 is 26.9 Å². The molecular formula is C18H21N3O4S. The molecule has 1 N–H and O–H groups in total. The lowest BCUT2D eigenvalue weighted by molar-refractivity contribution is -0.384. The van der Waals surface area contributed by atoms with Crippen molar-refractivity contribution in [2.45, 2.75) is 24.3 Å². The Bertz CT molecular complexity index is 943. The smallest absolute Gasteiger partial charge is 0.293 e. The van der Waals surface area contributed by atoms with Crippen LogP contribution < -0.4 is 10.2 Å². The fourth-order valence-electron chi connectivity index (χ4n) is 3.32. The molecule has 1 heterocycles. The highest BCUT2D eigenvalue weighted by molar-refractivity contribution is 7.90. The van der Waals surface area contributed by atoms with Gasteiger partial charge in [0.2, 0.25) is 0 Å². The number of hydrogen-bond donors (Lipinski definition) is 1. The maximum absolute atomic E-state index is 11.6. The summed E-state index contributed by atoms with van der Waals surface area (Å²) in [6.45, 7) is 3.37. The van der Waals surface area contributed by atoms with Gasteiger partial charge in [0, 0.05) is 37.1 Å². The second kappa shape index (κ2) is 6.95. The van der Waals surface area contributed by atoms with Gasteiger partial charge in [-0.15, -0.1) is 0 Å². The van der Waals surface area contributed by atoms with Crippen LogP contribution in [-0.2, 0) is 16.3 Å². The van der Waals surface area contributed by atoms with Crippen LogP contribution in [0.2, 0.25) is 0 Å². The third kappa shape index (κ3) is 3.65. The number of fused-ring (bicyclic) bond motifs is 1. The van der Waals surface area contributed by atoms with Crippen LogP contribution in [0.3, 0.4) is 0 Å². The van der Waals surface area contributed by atoms with Crippen LogP contribution in [0.1, 0.15) is 12.5 Å². The third-order valence-corrected chi connectivity index (χ3v) is 5.72. The normalized spacial score (nSPS) is 16.4. The van der Waals surface area contributed by atoms with E-state index in [0.717, 1.165) is 18.7 Å². The Morgan fingerprint density at radius 3 is 2.69 bits per heavy atom. The molecule has 0 fully saturated rings. The SMILES string of the molecule is CC1Cc2ccccc2N1CCNc1ccc(S(C)(=O)=O)cc1[N+](=O)[O-]. The summed E-state index contributed by atoms with van der Waals surface area (Å²) in [6.07, 6.45) is 2.02. The first-order chi connectivity index (χ1) is 12.3. The first kappa shape index (κ1) is 18.2. The third-order valence-electron chi connectivity index (χ3n) is 4.61. The maximum atomic E-state index is 11.6. The molecular weight excluding hydrogens is 354 g/mol. The van der Waals surface area contributed by atoms with Gasteiger partial charge >= 0.3 is 0 Å².